The molecule has 2 aromatic heterocycles. The van der Waals surface area contributed by atoms with Gasteiger partial charge in [0.25, 0.3) is 0 Å². The predicted octanol–water partition coefficient (Wildman–Crippen LogP) is 2.91. The molecule has 0 spiro atoms. The van der Waals surface area contributed by atoms with Crippen molar-refractivity contribution in [1.29, 1.82) is 0 Å². The Labute approximate surface area is 126 Å². The smallest absolute Gasteiger partial charge is 0.142 e. The quantitative estimate of drug-likeness (QED) is 0.758. The molecule has 0 fully saturated rings. The molecule has 2 heterocycles. The molecule has 0 aromatic carbocycles. The Bertz CT molecular complexity index is 543. The summed E-state index contributed by atoms with van der Waals surface area (Å²) in [6.07, 6.45) is 5.61. The summed E-state index contributed by atoms with van der Waals surface area (Å²) in [5.74, 6) is 0.873. The summed E-state index contributed by atoms with van der Waals surface area (Å²) in [6.45, 7) is 6.55. The molecule has 112 valence electrons. The first kappa shape index (κ1) is 15.4. The zero-order chi connectivity index (χ0) is 14.9. The Morgan fingerprint density at radius 1 is 1.14 bits per heavy atom. The van der Waals surface area contributed by atoms with Gasteiger partial charge >= 0.3 is 0 Å². The van der Waals surface area contributed by atoms with Crippen LogP contribution in [0.15, 0.2) is 36.7 Å². The number of aryl methyl sites for hydroxylation is 1. The third-order valence-electron chi connectivity index (χ3n) is 3.19. The van der Waals surface area contributed by atoms with E-state index in [1.807, 2.05) is 43.6 Å². The Morgan fingerprint density at radius 2 is 1.95 bits per heavy atom. The highest BCUT2D eigenvalue weighted by molar-refractivity contribution is 5.29. The summed E-state index contributed by atoms with van der Waals surface area (Å²) in [4.78, 5) is 8.59. The molecule has 0 bridgehead atoms. The number of rotatable bonds is 8. The van der Waals surface area contributed by atoms with Crippen molar-refractivity contribution in [1.82, 2.24) is 15.3 Å². The van der Waals surface area contributed by atoms with E-state index >= 15 is 0 Å². The van der Waals surface area contributed by atoms with Crippen LogP contribution in [0, 0.1) is 6.92 Å². The highest BCUT2D eigenvalue weighted by atomic mass is 16.5. The van der Waals surface area contributed by atoms with Gasteiger partial charge in [-0.1, -0.05) is 6.92 Å². The largest absolute Gasteiger partial charge is 0.491 e. The first-order chi connectivity index (χ1) is 10.3. The molecule has 4 nitrogen and oxygen atoms in total. The summed E-state index contributed by atoms with van der Waals surface area (Å²) in [6, 6.07) is 8.03. The van der Waals surface area contributed by atoms with E-state index in [2.05, 4.69) is 22.2 Å². The van der Waals surface area contributed by atoms with Gasteiger partial charge in [-0.2, -0.15) is 0 Å². The number of hydrogen-bond acceptors (Lipinski definition) is 4. The van der Waals surface area contributed by atoms with Gasteiger partial charge in [0.2, 0.25) is 0 Å². The van der Waals surface area contributed by atoms with Gasteiger partial charge in [-0.25, -0.2) is 0 Å². The van der Waals surface area contributed by atoms with Crippen molar-refractivity contribution in [2.75, 3.05) is 13.2 Å². The van der Waals surface area contributed by atoms with Gasteiger partial charge in [-0.3, -0.25) is 9.97 Å². The van der Waals surface area contributed by atoms with Crippen LogP contribution in [0.25, 0.3) is 0 Å². The molecule has 21 heavy (non-hydrogen) atoms. The van der Waals surface area contributed by atoms with Crippen LogP contribution in [-0.4, -0.2) is 23.1 Å². The summed E-state index contributed by atoms with van der Waals surface area (Å²) >= 11 is 0. The highest BCUT2D eigenvalue weighted by Gasteiger charge is 2.06. The van der Waals surface area contributed by atoms with E-state index in [1.165, 1.54) is 5.56 Å². The van der Waals surface area contributed by atoms with E-state index in [9.17, 15) is 0 Å². The molecule has 0 atom stereocenters. The fourth-order valence-electron chi connectivity index (χ4n) is 2.07. The minimum Gasteiger partial charge on any atom is -0.491 e. The van der Waals surface area contributed by atoms with E-state index < -0.39 is 0 Å². The highest BCUT2D eigenvalue weighted by Crippen LogP contribution is 2.17. The van der Waals surface area contributed by atoms with E-state index in [4.69, 9.17) is 4.74 Å². The minimum absolute atomic E-state index is 0.648. The number of nitrogens with one attached hydrogen (secondary N) is 1. The maximum absolute atomic E-state index is 5.90. The maximum Gasteiger partial charge on any atom is 0.142 e. The van der Waals surface area contributed by atoms with Gasteiger partial charge in [-0.15, -0.1) is 0 Å². The van der Waals surface area contributed by atoms with Crippen LogP contribution in [0.4, 0.5) is 0 Å². The lowest BCUT2D eigenvalue weighted by molar-refractivity contribution is 0.315. The average Bonchev–Trinajstić information content (AvgIpc) is 2.51. The topological polar surface area (TPSA) is 47.0 Å². The third-order valence-corrected chi connectivity index (χ3v) is 3.19. The van der Waals surface area contributed by atoms with Gasteiger partial charge in [0.15, 0.2) is 0 Å². The molecular formula is C17H23N3O. The van der Waals surface area contributed by atoms with E-state index in [-0.39, 0.29) is 0 Å². The van der Waals surface area contributed by atoms with Gasteiger partial charge in [0.05, 0.1) is 12.3 Å². The Hall–Kier alpha value is -1.94. The van der Waals surface area contributed by atoms with Crippen molar-refractivity contribution in [2.24, 2.45) is 0 Å². The predicted molar refractivity (Wildman–Crippen MR) is 84.4 cm³/mol. The van der Waals surface area contributed by atoms with Crippen LogP contribution < -0.4 is 10.1 Å². The maximum atomic E-state index is 5.90. The molecular weight excluding hydrogens is 262 g/mol. The molecule has 2 aromatic rings. The minimum atomic E-state index is 0.648. The second kappa shape index (κ2) is 8.37. The number of ether oxygens (including phenoxy) is 1. The fraction of sp³-hybridized carbons (Fsp3) is 0.412. The van der Waals surface area contributed by atoms with Crippen LogP contribution in [0.1, 0.15) is 30.3 Å². The second-order valence-corrected chi connectivity index (χ2v) is 5.03. The average molecular weight is 285 g/mol. The summed E-state index contributed by atoms with van der Waals surface area (Å²) in [7, 11) is 0. The molecule has 0 aliphatic carbocycles. The molecule has 0 aliphatic rings. The van der Waals surface area contributed by atoms with Crippen molar-refractivity contribution in [3.8, 4) is 5.75 Å². The lowest BCUT2D eigenvalue weighted by Gasteiger charge is -2.12. The number of hydrogen-bond donors (Lipinski definition) is 1. The van der Waals surface area contributed by atoms with Crippen molar-refractivity contribution in [3.05, 3.63) is 53.6 Å². The van der Waals surface area contributed by atoms with Gasteiger partial charge in [0.1, 0.15) is 5.75 Å². The zero-order valence-electron chi connectivity index (χ0n) is 12.8. The third kappa shape index (κ3) is 5.16. The normalized spacial score (nSPS) is 10.6. The molecule has 0 saturated carbocycles. The van der Waals surface area contributed by atoms with Crippen LogP contribution in [-0.2, 0) is 13.0 Å². The first-order valence-electron chi connectivity index (χ1n) is 7.48. The van der Waals surface area contributed by atoms with Crippen LogP contribution >= 0.6 is 0 Å². The standard InChI is InChI=1S/C17H23N3O/c1-3-9-19-13-16-17(5-4-14(2)20-16)21-12-8-15-6-10-18-11-7-15/h4-7,10-11,19H,3,8-9,12-13H2,1-2H3. The van der Waals surface area contributed by atoms with Crippen molar-refractivity contribution >= 4 is 0 Å². The summed E-state index contributed by atoms with van der Waals surface area (Å²) < 4.78 is 5.90. The van der Waals surface area contributed by atoms with Crippen LogP contribution in [0.2, 0.25) is 0 Å². The van der Waals surface area contributed by atoms with E-state index in [0.717, 1.165) is 43.1 Å². The Kier molecular flexibility index (Phi) is 6.16. The fourth-order valence-corrected chi connectivity index (χ4v) is 2.07. The Morgan fingerprint density at radius 3 is 2.71 bits per heavy atom. The second-order valence-electron chi connectivity index (χ2n) is 5.03. The van der Waals surface area contributed by atoms with Gasteiger partial charge < -0.3 is 10.1 Å². The van der Waals surface area contributed by atoms with Crippen LogP contribution in [0.5, 0.6) is 5.75 Å². The van der Waals surface area contributed by atoms with Crippen molar-refractivity contribution < 1.29 is 4.74 Å². The van der Waals surface area contributed by atoms with E-state index in [1.54, 1.807) is 0 Å². The van der Waals surface area contributed by atoms with Gasteiger partial charge in [0, 0.05) is 31.1 Å². The molecule has 1 N–H and O–H groups in total. The first-order valence-corrected chi connectivity index (χ1v) is 7.48. The molecule has 0 radical (unpaired) electrons. The number of pyridine rings is 2. The van der Waals surface area contributed by atoms with Crippen LogP contribution in [0.3, 0.4) is 0 Å². The van der Waals surface area contributed by atoms with Gasteiger partial charge in [-0.05, 0) is 49.7 Å². The molecule has 4 heteroatoms. The molecule has 0 aliphatic heterocycles. The molecule has 0 amide bonds. The number of nitrogens with zero attached hydrogens (tertiary/aromatic N) is 2. The lowest BCUT2D eigenvalue weighted by atomic mass is 10.2. The lowest BCUT2D eigenvalue weighted by Crippen LogP contribution is -2.16. The van der Waals surface area contributed by atoms with Crippen molar-refractivity contribution in [2.45, 2.75) is 33.2 Å². The molecule has 0 saturated heterocycles. The summed E-state index contributed by atoms with van der Waals surface area (Å²) in [5.41, 5.74) is 3.23. The summed E-state index contributed by atoms with van der Waals surface area (Å²) in [5, 5.41) is 3.38. The van der Waals surface area contributed by atoms with Crippen molar-refractivity contribution in [3.63, 3.8) is 0 Å². The molecule has 0 unspecified atom stereocenters. The van der Waals surface area contributed by atoms with E-state index in [0.29, 0.717) is 6.61 Å². The SMILES string of the molecule is CCCNCc1nc(C)ccc1OCCc1ccncc1. The Balaban J connectivity index is 1.92. The number of aromatic nitrogens is 2. The zero-order valence-corrected chi connectivity index (χ0v) is 12.8. The monoisotopic (exact) mass is 285 g/mol. The molecule has 2 rings (SSSR count).